The lowest BCUT2D eigenvalue weighted by atomic mass is 10.1. The quantitative estimate of drug-likeness (QED) is 0.622. The van der Waals surface area contributed by atoms with Crippen LogP contribution >= 0.6 is 27.5 Å². The number of anilines is 1. The zero-order valence-corrected chi connectivity index (χ0v) is 13.6. The Balaban J connectivity index is 1.90. The van der Waals surface area contributed by atoms with Crippen molar-refractivity contribution >= 4 is 44.2 Å². The van der Waals surface area contributed by atoms with E-state index in [1.54, 1.807) is 6.07 Å². The molecule has 0 unspecified atom stereocenters. The van der Waals surface area contributed by atoms with E-state index in [-0.39, 0.29) is 5.82 Å². The van der Waals surface area contributed by atoms with E-state index in [4.69, 9.17) is 16.0 Å². The van der Waals surface area contributed by atoms with Crippen LogP contribution in [0.2, 0.25) is 5.22 Å². The summed E-state index contributed by atoms with van der Waals surface area (Å²) >= 11 is 9.32. The molecule has 0 aliphatic rings. The number of benzene rings is 2. The van der Waals surface area contributed by atoms with E-state index in [2.05, 4.69) is 21.2 Å². The highest BCUT2D eigenvalue weighted by Crippen LogP contribution is 2.31. The van der Waals surface area contributed by atoms with E-state index in [1.165, 1.54) is 6.07 Å². The minimum Gasteiger partial charge on any atom is -0.444 e. The average molecular weight is 369 g/mol. The van der Waals surface area contributed by atoms with Gasteiger partial charge in [-0.1, -0.05) is 18.2 Å². The van der Waals surface area contributed by atoms with Crippen LogP contribution in [0.1, 0.15) is 11.1 Å². The maximum Gasteiger partial charge on any atom is 0.199 e. The molecule has 0 bridgehead atoms. The van der Waals surface area contributed by atoms with Crippen LogP contribution in [0.5, 0.6) is 0 Å². The predicted octanol–water partition coefficient (Wildman–Crippen LogP) is 5.91. The summed E-state index contributed by atoms with van der Waals surface area (Å²) in [7, 11) is 0. The molecule has 0 atom stereocenters. The molecule has 0 saturated carbocycles. The van der Waals surface area contributed by atoms with Crippen LogP contribution in [0.25, 0.3) is 11.0 Å². The monoisotopic (exact) mass is 367 g/mol. The number of halogens is 3. The number of rotatable bonds is 3. The summed E-state index contributed by atoms with van der Waals surface area (Å²) in [6, 6.07) is 10.9. The molecule has 1 aromatic heterocycles. The molecule has 3 aromatic rings. The van der Waals surface area contributed by atoms with Gasteiger partial charge in [0.25, 0.3) is 0 Å². The van der Waals surface area contributed by atoms with Gasteiger partial charge in [0, 0.05) is 23.2 Å². The van der Waals surface area contributed by atoms with Crippen molar-refractivity contribution in [3.63, 3.8) is 0 Å². The Morgan fingerprint density at radius 1 is 1.29 bits per heavy atom. The summed E-state index contributed by atoms with van der Waals surface area (Å²) in [6.45, 7) is 2.39. The first kappa shape index (κ1) is 14.4. The molecule has 0 radical (unpaired) electrons. The van der Waals surface area contributed by atoms with Crippen LogP contribution in [0.4, 0.5) is 10.1 Å². The predicted molar refractivity (Wildman–Crippen MR) is 87.4 cm³/mol. The standard InChI is InChI=1S/C16H12BrClFNO/c1-9-6-12(17)13(19)7-14(9)20-8-11-10-4-2-3-5-15(10)21-16(11)18/h2-7,20H,8H2,1H3. The highest BCUT2D eigenvalue weighted by Gasteiger charge is 2.12. The van der Waals surface area contributed by atoms with Gasteiger partial charge in [-0.05, 0) is 58.2 Å². The van der Waals surface area contributed by atoms with E-state index < -0.39 is 0 Å². The first-order valence-corrected chi connectivity index (χ1v) is 7.59. The molecule has 0 spiro atoms. The lowest BCUT2D eigenvalue weighted by Gasteiger charge is -2.10. The number of aryl methyl sites for hydroxylation is 1. The molecule has 0 amide bonds. The average Bonchev–Trinajstić information content (AvgIpc) is 2.77. The van der Waals surface area contributed by atoms with E-state index in [1.807, 2.05) is 31.2 Å². The molecular weight excluding hydrogens is 357 g/mol. The van der Waals surface area contributed by atoms with Crippen molar-refractivity contribution in [1.29, 1.82) is 0 Å². The smallest absolute Gasteiger partial charge is 0.199 e. The lowest BCUT2D eigenvalue weighted by Crippen LogP contribution is -2.01. The Kier molecular flexibility index (Phi) is 3.91. The Hall–Kier alpha value is -1.52. The second-order valence-corrected chi connectivity index (χ2v) is 5.98. The molecule has 3 rings (SSSR count). The third-order valence-corrected chi connectivity index (χ3v) is 4.28. The number of hydrogen-bond donors (Lipinski definition) is 1. The number of para-hydroxylation sites is 1. The maximum absolute atomic E-state index is 13.6. The number of nitrogens with one attached hydrogen (secondary N) is 1. The van der Waals surface area contributed by atoms with Crippen LogP contribution in [0.15, 0.2) is 45.3 Å². The van der Waals surface area contributed by atoms with E-state index in [0.29, 0.717) is 16.2 Å². The first-order valence-electron chi connectivity index (χ1n) is 6.41. The molecule has 1 N–H and O–H groups in total. The van der Waals surface area contributed by atoms with Crippen LogP contribution in [-0.4, -0.2) is 0 Å². The van der Waals surface area contributed by atoms with Gasteiger partial charge in [0.15, 0.2) is 5.22 Å². The Labute approximate surface area is 135 Å². The van der Waals surface area contributed by atoms with E-state index in [9.17, 15) is 4.39 Å². The Morgan fingerprint density at radius 2 is 2.05 bits per heavy atom. The van der Waals surface area contributed by atoms with Crippen LogP contribution < -0.4 is 5.32 Å². The number of hydrogen-bond acceptors (Lipinski definition) is 2. The van der Waals surface area contributed by atoms with Crippen molar-refractivity contribution in [3.05, 3.63) is 63.0 Å². The second kappa shape index (κ2) is 5.70. The minimum absolute atomic E-state index is 0.300. The molecule has 2 nitrogen and oxygen atoms in total. The van der Waals surface area contributed by atoms with Gasteiger partial charge in [0.1, 0.15) is 11.4 Å². The van der Waals surface area contributed by atoms with Crippen molar-refractivity contribution < 1.29 is 8.81 Å². The summed E-state index contributed by atoms with van der Waals surface area (Å²) in [5, 5.41) is 4.53. The number of fused-ring (bicyclic) bond motifs is 1. The molecule has 0 aliphatic carbocycles. The fourth-order valence-electron chi connectivity index (χ4n) is 2.25. The molecule has 0 saturated heterocycles. The van der Waals surface area contributed by atoms with Gasteiger partial charge in [-0.3, -0.25) is 0 Å². The minimum atomic E-state index is -0.300. The fraction of sp³-hybridized carbons (Fsp3) is 0.125. The summed E-state index contributed by atoms with van der Waals surface area (Å²) in [5.41, 5.74) is 3.30. The lowest BCUT2D eigenvalue weighted by molar-refractivity contribution is 0.613. The van der Waals surface area contributed by atoms with Crippen molar-refractivity contribution in [3.8, 4) is 0 Å². The fourth-order valence-corrected chi connectivity index (χ4v) is 2.96. The molecule has 108 valence electrons. The molecule has 0 aliphatic heterocycles. The summed E-state index contributed by atoms with van der Waals surface area (Å²) in [6.07, 6.45) is 0. The van der Waals surface area contributed by atoms with Crippen molar-refractivity contribution in [2.45, 2.75) is 13.5 Å². The maximum atomic E-state index is 13.6. The van der Waals surface area contributed by atoms with Crippen LogP contribution in [0, 0.1) is 12.7 Å². The van der Waals surface area contributed by atoms with E-state index >= 15 is 0 Å². The summed E-state index contributed by atoms with van der Waals surface area (Å²) in [5.74, 6) is -0.300. The van der Waals surface area contributed by atoms with Gasteiger partial charge < -0.3 is 9.73 Å². The van der Waals surface area contributed by atoms with Crippen LogP contribution in [-0.2, 0) is 6.54 Å². The van der Waals surface area contributed by atoms with Crippen LogP contribution in [0.3, 0.4) is 0 Å². The van der Waals surface area contributed by atoms with Crippen molar-refractivity contribution in [2.24, 2.45) is 0 Å². The SMILES string of the molecule is Cc1cc(Br)c(F)cc1NCc1c(Cl)oc2ccccc12. The zero-order valence-electron chi connectivity index (χ0n) is 11.2. The van der Waals surface area contributed by atoms with Crippen molar-refractivity contribution in [1.82, 2.24) is 0 Å². The molecule has 1 heterocycles. The Bertz CT molecular complexity index is 815. The molecule has 2 aromatic carbocycles. The van der Waals surface area contributed by atoms with E-state index in [0.717, 1.165) is 27.8 Å². The molecular formula is C16H12BrClFNO. The summed E-state index contributed by atoms with van der Waals surface area (Å²) < 4.78 is 19.6. The zero-order chi connectivity index (χ0) is 15.0. The van der Waals surface area contributed by atoms with Gasteiger partial charge in [-0.2, -0.15) is 0 Å². The Morgan fingerprint density at radius 3 is 2.86 bits per heavy atom. The number of furan rings is 1. The first-order chi connectivity index (χ1) is 10.1. The molecule has 5 heteroatoms. The van der Waals surface area contributed by atoms with Gasteiger partial charge >= 0.3 is 0 Å². The van der Waals surface area contributed by atoms with Gasteiger partial charge in [0.05, 0.1) is 4.47 Å². The molecule has 0 fully saturated rings. The van der Waals surface area contributed by atoms with Crippen molar-refractivity contribution in [2.75, 3.05) is 5.32 Å². The highest BCUT2D eigenvalue weighted by molar-refractivity contribution is 9.10. The van der Waals surface area contributed by atoms with Gasteiger partial charge in [-0.15, -0.1) is 0 Å². The molecule has 21 heavy (non-hydrogen) atoms. The van der Waals surface area contributed by atoms with Gasteiger partial charge in [-0.25, -0.2) is 4.39 Å². The highest BCUT2D eigenvalue weighted by atomic mass is 79.9. The third kappa shape index (κ3) is 2.78. The second-order valence-electron chi connectivity index (χ2n) is 4.79. The third-order valence-electron chi connectivity index (χ3n) is 3.37. The largest absolute Gasteiger partial charge is 0.444 e. The van der Waals surface area contributed by atoms with Gasteiger partial charge in [0.2, 0.25) is 0 Å². The summed E-state index contributed by atoms with van der Waals surface area (Å²) in [4.78, 5) is 0. The normalized spacial score (nSPS) is 11.0. The topological polar surface area (TPSA) is 25.2 Å².